The molecule has 0 aliphatic rings. The Bertz CT molecular complexity index is 1140. The van der Waals surface area contributed by atoms with Gasteiger partial charge in [-0.3, -0.25) is 19.2 Å². The number of aromatic nitrogens is 1. The first-order chi connectivity index (χ1) is 18.1. The number of hydrogen-bond acceptors (Lipinski definition) is 8. The average molecular weight is 551 g/mol. The SMILES string of the molecule is NCCCCC(NC(=O)C(N)Cc1c[nH]c2ccccc12)C(=O)NC(CS)C(=O)NC(CC(=O)O)C(=O)O. The van der Waals surface area contributed by atoms with Crippen LogP contribution in [0.1, 0.15) is 31.2 Å². The summed E-state index contributed by atoms with van der Waals surface area (Å²) in [7, 11) is 0. The summed E-state index contributed by atoms with van der Waals surface area (Å²) in [4.78, 5) is 63.8. The van der Waals surface area contributed by atoms with Gasteiger partial charge >= 0.3 is 11.9 Å². The van der Waals surface area contributed by atoms with Gasteiger partial charge in [-0.15, -0.1) is 0 Å². The van der Waals surface area contributed by atoms with E-state index in [0.717, 1.165) is 16.5 Å². The highest BCUT2D eigenvalue weighted by atomic mass is 32.1. The molecule has 0 bridgehead atoms. The second-order valence-corrected chi connectivity index (χ2v) is 9.12. The summed E-state index contributed by atoms with van der Waals surface area (Å²) in [6, 6.07) is 2.57. The van der Waals surface area contributed by atoms with Crippen molar-refractivity contribution in [2.24, 2.45) is 11.5 Å². The lowest BCUT2D eigenvalue weighted by Gasteiger charge is -2.24. The number of thiol groups is 1. The number of rotatable bonds is 16. The monoisotopic (exact) mass is 550 g/mol. The van der Waals surface area contributed by atoms with Crippen LogP contribution in [0.3, 0.4) is 0 Å². The lowest BCUT2D eigenvalue weighted by molar-refractivity contribution is -0.147. The van der Waals surface area contributed by atoms with Gasteiger partial charge in [0, 0.05) is 22.9 Å². The fraction of sp³-hybridized carbons (Fsp3) is 0.458. The van der Waals surface area contributed by atoms with Crippen molar-refractivity contribution >= 4 is 53.2 Å². The Morgan fingerprint density at radius 1 is 0.921 bits per heavy atom. The van der Waals surface area contributed by atoms with Gasteiger partial charge in [0.2, 0.25) is 17.7 Å². The van der Waals surface area contributed by atoms with Crippen LogP contribution in [-0.4, -0.2) is 81.3 Å². The van der Waals surface area contributed by atoms with E-state index in [2.05, 4.69) is 33.6 Å². The first-order valence-corrected chi connectivity index (χ1v) is 12.7. The summed E-state index contributed by atoms with van der Waals surface area (Å²) in [6.45, 7) is 0.379. The third-order valence-electron chi connectivity index (χ3n) is 5.84. The number of para-hydroxylation sites is 1. The van der Waals surface area contributed by atoms with Crippen molar-refractivity contribution in [1.82, 2.24) is 20.9 Å². The molecule has 4 unspecified atom stereocenters. The Labute approximate surface area is 224 Å². The van der Waals surface area contributed by atoms with Crippen LogP contribution in [-0.2, 0) is 30.4 Å². The molecular weight excluding hydrogens is 516 g/mol. The summed E-state index contributed by atoms with van der Waals surface area (Å²) in [5.41, 5.74) is 13.4. The van der Waals surface area contributed by atoms with Crippen molar-refractivity contribution in [3.8, 4) is 0 Å². The number of carbonyl (C=O) groups is 5. The number of aromatic amines is 1. The van der Waals surface area contributed by atoms with Gasteiger partial charge in [0.05, 0.1) is 12.5 Å². The van der Waals surface area contributed by atoms with Crippen LogP contribution in [0.25, 0.3) is 10.9 Å². The molecule has 13 nitrogen and oxygen atoms in total. The topological polar surface area (TPSA) is 230 Å². The smallest absolute Gasteiger partial charge is 0.326 e. The minimum atomic E-state index is -1.69. The van der Waals surface area contributed by atoms with Crippen LogP contribution in [0, 0.1) is 0 Å². The summed E-state index contributed by atoms with van der Waals surface area (Å²) in [5.74, 6) is -5.36. The molecule has 0 aliphatic heterocycles. The summed E-state index contributed by atoms with van der Waals surface area (Å²) < 4.78 is 0. The van der Waals surface area contributed by atoms with E-state index >= 15 is 0 Å². The molecule has 2 aromatic rings. The Morgan fingerprint density at radius 3 is 2.18 bits per heavy atom. The number of carboxylic acids is 2. The Morgan fingerprint density at radius 2 is 1.55 bits per heavy atom. The number of aliphatic carboxylic acids is 2. The predicted octanol–water partition coefficient (Wildman–Crippen LogP) is -0.890. The zero-order valence-electron chi connectivity index (χ0n) is 20.7. The quantitative estimate of drug-likeness (QED) is 0.0931. The fourth-order valence-corrected chi connectivity index (χ4v) is 4.04. The van der Waals surface area contributed by atoms with Gasteiger partial charge in [-0.25, -0.2) is 4.79 Å². The molecule has 0 saturated carbocycles. The number of carboxylic acid groups (broad SMARTS) is 2. The van der Waals surface area contributed by atoms with Crippen LogP contribution in [0.15, 0.2) is 30.5 Å². The van der Waals surface area contributed by atoms with E-state index in [9.17, 15) is 24.0 Å². The van der Waals surface area contributed by atoms with Crippen LogP contribution < -0.4 is 27.4 Å². The van der Waals surface area contributed by atoms with Gasteiger partial charge in [-0.05, 0) is 43.9 Å². The molecule has 208 valence electrons. The maximum Gasteiger partial charge on any atom is 0.326 e. The standard InChI is InChI=1S/C24H34N6O7S/c25-8-4-3-7-17(22(34)30-19(12-38)23(35)29-18(24(36)37)10-20(31)32)28-21(33)15(26)9-13-11-27-16-6-2-1-5-14(13)16/h1-2,5-6,11,15,17-19,27,38H,3-4,7-10,12,25-26H2,(H,28,33)(H,29,35)(H,30,34)(H,31,32)(H,36,37). The van der Waals surface area contributed by atoms with Crippen molar-refractivity contribution in [2.45, 2.75) is 56.3 Å². The number of benzene rings is 1. The second kappa shape index (κ2) is 15.0. The van der Waals surface area contributed by atoms with Gasteiger partial charge in [0.1, 0.15) is 18.1 Å². The normalized spacial score (nSPS) is 14.2. The van der Waals surface area contributed by atoms with Crippen molar-refractivity contribution in [2.75, 3.05) is 12.3 Å². The minimum Gasteiger partial charge on any atom is -0.481 e. The van der Waals surface area contributed by atoms with E-state index in [0.29, 0.717) is 19.4 Å². The number of nitrogens with two attached hydrogens (primary N) is 2. The van der Waals surface area contributed by atoms with Gasteiger partial charge in [-0.1, -0.05) is 18.2 Å². The first kappa shape index (κ1) is 30.6. The molecule has 0 fully saturated rings. The molecule has 0 spiro atoms. The summed E-state index contributed by atoms with van der Waals surface area (Å²) in [5, 5.41) is 26.1. The molecule has 10 N–H and O–H groups in total. The van der Waals surface area contributed by atoms with Crippen LogP contribution >= 0.6 is 12.6 Å². The molecule has 1 aromatic heterocycles. The second-order valence-electron chi connectivity index (χ2n) is 8.76. The molecule has 0 radical (unpaired) electrons. The Balaban J connectivity index is 2.07. The first-order valence-electron chi connectivity index (χ1n) is 12.0. The van der Waals surface area contributed by atoms with Gasteiger partial charge in [0.25, 0.3) is 0 Å². The van der Waals surface area contributed by atoms with E-state index in [4.69, 9.17) is 21.7 Å². The lowest BCUT2D eigenvalue weighted by atomic mass is 10.0. The highest BCUT2D eigenvalue weighted by molar-refractivity contribution is 7.80. The molecule has 1 aromatic carbocycles. The number of amides is 3. The molecule has 2 rings (SSSR count). The van der Waals surface area contributed by atoms with Gasteiger partial charge in [-0.2, -0.15) is 12.6 Å². The predicted molar refractivity (Wildman–Crippen MR) is 142 cm³/mol. The van der Waals surface area contributed by atoms with Crippen molar-refractivity contribution in [3.63, 3.8) is 0 Å². The maximum absolute atomic E-state index is 13.0. The van der Waals surface area contributed by atoms with Crippen LogP contribution in [0.5, 0.6) is 0 Å². The largest absolute Gasteiger partial charge is 0.481 e. The van der Waals surface area contributed by atoms with E-state index in [1.807, 2.05) is 24.3 Å². The van der Waals surface area contributed by atoms with E-state index in [1.54, 1.807) is 6.20 Å². The highest BCUT2D eigenvalue weighted by Gasteiger charge is 2.30. The maximum atomic E-state index is 13.0. The molecule has 1 heterocycles. The van der Waals surface area contributed by atoms with Crippen LogP contribution in [0.4, 0.5) is 0 Å². The third kappa shape index (κ3) is 9.04. The van der Waals surface area contributed by atoms with E-state index < -0.39 is 60.2 Å². The van der Waals surface area contributed by atoms with Gasteiger partial charge < -0.3 is 42.6 Å². The lowest BCUT2D eigenvalue weighted by Crippen LogP contribution is -2.58. The van der Waals surface area contributed by atoms with E-state index in [1.165, 1.54) is 0 Å². The fourth-order valence-electron chi connectivity index (χ4n) is 3.78. The molecule has 14 heteroatoms. The Hall–Kier alpha value is -3.62. The number of hydrogen-bond donors (Lipinski definition) is 9. The number of unbranched alkanes of at least 4 members (excludes halogenated alkanes) is 1. The molecule has 38 heavy (non-hydrogen) atoms. The molecule has 0 saturated heterocycles. The van der Waals surface area contributed by atoms with E-state index in [-0.39, 0.29) is 18.6 Å². The summed E-state index contributed by atoms with van der Waals surface area (Å²) in [6.07, 6.45) is 2.45. The van der Waals surface area contributed by atoms with Gasteiger partial charge in [0.15, 0.2) is 0 Å². The molecule has 3 amide bonds. The third-order valence-corrected chi connectivity index (χ3v) is 6.21. The highest BCUT2D eigenvalue weighted by Crippen LogP contribution is 2.19. The van der Waals surface area contributed by atoms with Crippen LogP contribution in [0.2, 0.25) is 0 Å². The average Bonchev–Trinajstić information content (AvgIpc) is 3.28. The number of nitrogens with one attached hydrogen (secondary N) is 4. The zero-order chi connectivity index (χ0) is 28.2. The Kier molecular flexibility index (Phi) is 12.0. The zero-order valence-corrected chi connectivity index (χ0v) is 21.6. The number of carbonyl (C=O) groups excluding carboxylic acids is 3. The molecule has 4 atom stereocenters. The molecule has 0 aliphatic carbocycles. The number of H-pyrrole nitrogens is 1. The molecular formula is C24H34N6O7S. The van der Waals surface area contributed by atoms with Crippen molar-refractivity contribution in [3.05, 3.63) is 36.0 Å². The minimum absolute atomic E-state index is 0.208. The number of fused-ring (bicyclic) bond motifs is 1. The van der Waals surface area contributed by atoms with Crippen molar-refractivity contribution in [1.29, 1.82) is 0 Å². The summed E-state index contributed by atoms with van der Waals surface area (Å²) >= 11 is 4.04. The van der Waals surface area contributed by atoms with Crippen molar-refractivity contribution < 1.29 is 34.2 Å².